The van der Waals surface area contributed by atoms with E-state index in [2.05, 4.69) is 31.3 Å². The third-order valence-corrected chi connectivity index (χ3v) is 4.46. The highest BCUT2D eigenvalue weighted by Crippen LogP contribution is 2.26. The second-order valence-electron chi connectivity index (χ2n) is 6.96. The number of ether oxygens (including phenoxy) is 1. The summed E-state index contributed by atoms with van der Waals surface area (Å²) in [7, 11) is 1.62. The highest BCUT2D eigenvalue weighted by molar-refractivity contribution is 5.88. The number of furan rings is 1. The van der Waals surface area contributed by atoms with Crippen LogP contribution in [0.1, 0.15) is 37.4 Å². The molecule has 1 amide bonds. The largest absolute Gasteiger partial charge is 0.497 e. The lowest BCUT2D eigenvalue weighted by molar-refractivity contribution is -0.121. The SMILES string of the molecule is COc1ccc2c(CC(=O)N[C@H](CC(C)C)c3ccccc3)coc2c1. The molecule has 4 heteroatoms. The van der Waals surface area contributed by atoms with E-state index in [1.165, 1.54) is 0 Å². The zero-order valence-electron chi connectivity index (χ0n) is 15.5. The van der Waals surface area contributed by atoms with Crippen LogP contribution in [0.2, 0.25) is 0 Å². The molecule has 0 aliphatic heterocycles. The molecule has 0 fully saturated rings. The highest BCUT2D eigenvalue weighted by Gasteiger charge is 2.18. The third-order valence-electron chi connectivity index (χ3n) is 4.46. The lowest BCUT2D eigenvalue weighted by Crippen LogP contribution is -2.30. The molecule has 1 atom stereocenters. The molecule has 1 N–H and O–H groups in total. The molecular weight excluding hydrogens is 326 g/mol. The first-order valence-electron chi connectivity index (χ1n) is 8.95. The van der Waals surface area contributed by atoms with Crippen molar-refractivity contribution in [3.05, 3.63) is 65.9 Å². The fraction of sp³-hybridized carbons (Fsp3) is 0.318. The summed E-state index contributed by atoms with van der Waals surface area (Å²) >= 11 is 0. The number of carbonyl (C=O) groups is 1. The van der Waals surface area contributed by atoms with Gasteiger partial charge in [-0.15, -0.1) is 0 Å². The minimum atomic E-state index is -0.00183. The molecule has 1 heterocycles. The molecule has 0 bridgehead atoms. The lowest BCUT2D eigenvalue weighted by Gasteiger charge is -2.21. The number of rotatable bonds is 7. The number of hydrogen-bond acceptors (Lipinski definition) is 3. The van der Waals surface area contributed by atoms with Crippen molar-refractivity contribution in [2.24, 2.45) is 5.92 Å². The number of methoxy groups -OCH3 is 1. The van der Waals surface area contributed by atoms with Gasteiger partial charge in [-0.1, -0.05) is 44.2 Å². The third kappa shape index (κ3) is 4.26. The van der Waals surface area contributed by atoms with Gasteiger partial charge in [0, 0.05) is 17.0 Å². The molecule has 0 spiro atoms. The molecule has 26 heavy (non-hydrogen) atoms. The molecule has 0 radical (unpaired) electrons. The summed E-state index contributed by atoms with van der Waals surface area (Å²) in [4.78, 5) is 12.7. The molecule has 3 aromatic rings. The van der Waals surface area contributed by atoms with Crippen LogP contribution in [-0.2, 0) is 11.2 Å². The maximum Gasteiger partial charge on any atom is 0.225 e. The normalized spacial score (nSPS) is 12.3. The van der Waals surface area contributed by atoms with E-state index in [4.69, 9.17) is 9.15 Å². The Morgan fingerprint density at radius 2 is 1.92 bits per heavy atom. The van der Waals surface area contributed by atoms with Gasteiger partial charge >= 0.3 is 0 Å². The Bertz CT molecular complexity index is 867. The lowest BCUT2D eigenvalue weighted by atomic mass is 9.96. The summed E-state index contributed by atoms with van der Waals surface area (Å²) in [6.45, 7) is 4.33. The van der Waals surface area contributed by atoms with Crippen LogP contribution in [0.4, 0.5) is 0 Å². The minimum absolute atomic E-state index is 0.00183. The molecule has 4 nitrogen and oxygen atoms in total. The van der Waals surface area contributed by atoms with E-state index in [1.807, 2.05) is 36.4 Å². The Labute approximate surface area is 154 Å². The summed E-state index contributed by atoms with van der Waals surface area (Å²) in [5, 5.41) is 4.13. The molecule has 3 rings (SSSR count). The molecule has 0 unspecified atom stereocenters. The first kappa shape index (κ1) is 18.1. The summed E-state index contributed by atoms with van der Waals surface area (Å²) in [5.41, 5.74) is 2.75. The number of amides is 1. The Balaban J connectivity index is 1.74. The molecule has 2 aromatic carbocycles. The van der Waals surface area contributed by atoms with Gasteiger partial charge in [-0.25, -0.2) is 0 Å². The standard InChI is InChI=1S/C22H25NO3/c1-15(2)11-20(16-7-5-4-6-8-16)23-22(24)12-17-14-26-21-13-18(25-3)9-10-19(17)21/h4-10,13-15,20H,11-12H2,1-3H3,(H,23,24)/t20-/m1/s1. The van der Waals surface area contributed by atoms with E-state index in [-0.39, 0.29) is 11.9 Å². The number of hydrogen-bond donors (Lipinski definition) is 1. The highest BCUT2D eigenvalue weighted by atomic mass is 16.5. The molecule has 0 aliphatic rings. The summed E-state index contributed by atoms with van der Waals surface area (Å²) < 4.78 is 10.8. The zero-order chi connectivity index (χ0) is 18.5. The van der Waals surface area contributed by atoms with Crippen molar-refractivity contribution in [1.29, 1.82) is 0 Å². The molecule has 0 saturated heterocycles. The maximum atomic E-state index is 12.7. The zero-order valence-corrected chi connectivity index (χ0v) is 15.5. The summed E-state index contributed by atoms with van der Waals surface area (Å²) in [6.07, 6.45) is 2.85. The predicted octanol–water partition coefficient (Wildman–Crippen LogP) is 4.89. The average molecular weight is 351 g/mol. The predicted molar refractivity (Wildman–Crippen MR) is 103 cm³/mol. The average Bonchev–Trinajstić information content (AvgIpc) is 3.03. The van der Waals surface area contributed by atoms with Crippen LogP contribution in [0, 0.1) is 5.92 Å². The van der Waals surface area contributed by atoms with E-state index >= 15 is 0 Å². The summed E-state index contributed by atoms with van der Waals surface area (Å²) in [5.74, 6) is 1.23. The molecule has 1 aromatic heterocycles. The monoisotopic (exact) mass is 351 g/mol. The number of carbonyl (C=O) groups excluding carboxylic acids is 1. The Hall–Kier alpha value is -2.75. The van der Waals surface area contributed by atoms with Gasteiger partial charge in [-0.3, -0.25) is 4.79 Å². The van der Waals surface area contributed by atoms with Crippen LogP contribution < -0.4 is 10.1 Å². The van der Waals surface area contributed by atoms with E-state index in [0.29, 0.717) is 12.3 Å². The number of nitrogens with one attached hydrogen (secondary N) is 1. The Morgan fingerprint density at radius 3 is 2.62 bits per heavy atom. The van der Waals surface area contributed by atoms with E-state index in [0.717, 1.165) is 34.3 Å². The van der Waals surface area contributed by atoms with Crippen molar-refractivity contribution in [2.45, 2.75) is 32.7 Å². The Morgan fingerprint density at radius 1 is 1.15 bits per heavy atom. The van der Waals surface area contributed by atoms with Gasteiger partial charge in [-0.05, 0) is 30.0 Å². The topological polar surface area (TPSA) is 51.5 Å². The van der Waals surface area contributed by atoms with E-state index < -0.39 is 0 Å². The fourth-order valence-corrected chi connectivity index (χ4v) is 3.18. The van der Waals surface area contributed by atoms with Gasteiger partial charge < -0.3 is 14.5 Å². The van der Waals surface area contributed by atoms with E-state index in [1.54, 1.807) is 13.4 Å². The van der Waals surface area contributed by atoms with Crippen LogP contribution in [0.25, 0.3) is 11.0 Å². The van der Waals surface area contributed by atoms with Crippen LogP contribution in [0.15, 0.2) is 59.2 Å². The molecular formula is C22H25NO3. The number of benzene rings is 2. The van der Waals surface area contributed by atoms with Crippen LogP contribution in [-0.4, -0.2) is 13.0 Å². The van der Waals surface area contributed by atoms with E-state index in [9.17, 15) is 4.79 Å². The first-order chi connectivity index (χ1) is 12.6. The second-order valence-corrected chi connectivity index (χ2v) is 6.96. The molecule has 136 valence electrons. The van der Waals surface area contributed by atoms with Crippen LogP contribution in [0.5, 0.6) is 5.75 Å². The van der Waals surface area contributed by atoms with Gasteiger partial charge in [0.2, 0.25) is 5.91 Å². The van der Waals surface area contributed by atoms with Gasteiger partial charge in [0.15, 0.2) is 0 Å². The van der Waals surface area contributed by atoms with Crippen molar-refractivity contribution in [3.63, 3.8) is 0 Å². The molecule has 0 saturated carbocycles. The van der Waals surface area contributed by atoms with Crippen molar-refractivity contribution in [3.8, 4) is 5.75 Å². The minimum Gasteiger partial charge on any atom is -0.497 e. The summed E-state index contributed by atoms with van der Waals surface area (Å²) in [6, 6.07) is 15.8. The maximum absolute atomic E-state index is 12.7. The van der Waals surface area contributed by atoms with Gasteiger partial charge in [0.1, 0.15) is 11.3 Å². The van der Waals surface area contributed by atoms with Crippen molar-refractivity contribution in [1.82, 2.24) is 5.32 Å². The van der Waals surface area contributed by atoms with Crippen LogP contribution in [0.3, 0.4) is 0 Å². The fourth-order valence-electron chi connectivity index (χ4n) is 3.18. The first-order valence-corrected chi connectivity index (χ1v) is 8.95. The van der Waals surface area contributed by atoms with Gasteiger partial charge in [0.05, 0.1) is 25.8 Å². The van der Waals surface area contributed by atoms with Gasteiger partial charge in [-0.2, -0.15) is 0 Å². The number of fused-ring (bicyclic) bond motifs is 1. The van der Waals surface area contributed by atoms with Crippen molar-refractivity contribution >= 4 is 16.9 Å². The van der Waals surface area contributed by atoms with Crippen molar-refractivity contribution in [2.75, 3.05) is 7.11 Å². The smallest absolute Gasteiger partial charge is 0.225 e. The quantitative estimate of drug-likeness (QED) is 0.659. The van der Waals surface area contributed by atoms with Gasteiger partial charge in [0.25, 0.3) is 0 Å². The second kappa shape index (κ2) is 8.09. The van der Waals surface area contributed by atoms with Crippen molar-refractivity contribution < 1.29 is 13.9 Å². The Kier molecular flexibility index (Phi) is 5.61. The molecule has 0 aliphatic carbocycles. The van der Waals surface area contributed by atoms with Crippen LogP contribution >= 0.6 is 0 Å².